The maximum Gasteiger partial charge on any atom is 0.224 e. The summed E-state index contributed by atoms with van der Waals surface area (Å²) in [5, 5.41) is 9.86. The van der Waals surface area contributed by atoms with Gasteiger partial charge in [-0.2, -0.15) is 4.98 Å². The van der Waals surface area contributed by atoms with Crippen LogP contribution in [0.4, 0.5) is 17.5 Å². The first kappa shape index (κ1) is 22.6. The number of anilines is 3. The van der Waals surface area contributed by atoms with Gasteiger partial charge >= 0.3 is 0 Å². The normalized spacial score (nSPS) is 17.2. The molecule has 32 heavy (non-hydrogen) atoms. The van der Waals surface area contributed by atoms with Crippen molar-refractivity contribution in [1.29, 1.82) is 0 Å². The molecule has 1 saturated carbocycles. The Kier molecular flexibility index (Phi) is 7.32. The van der Waals surface area contributed by atoms with Crippen LogP contribution in [0, 0.1) is 5.92 Å². The highest BCUT2D eigenvalue weighted by molar-refractivity contribution is 9.10. The van der Waals surface area contributed by atoms with Crippen molar-refractivity contribution in [3.63, 3.8) is 0 Å². The highest BCUT2D eigenvalue weighted by Crippen LogP contribution is 2.36. The van der Waals surface area contributed by atoms with Gasteiger partial charge in [0.1, 0.15) is 5.82 Å². The molecular weight excluding hydrogens is 466 g/mol. The van der Waals surface area contributed by atoms with Crippen molar-refractivity contribution in [2.24, 2.45) is 5.92 Å². The summed E-state index contributed by atoms with van der Waals surface area (Å²) < 4.78 is 0.803. The average molecular weight is 498 g/mol. The van der Waals surface area contributed by atoms with Crippen LogP contribution < -0.4 is 20.9 Å². The van der Waals surface area contributed by atoms with Crippen molar-refractivity contribution >= 4 is 33.4 Å². The summed E-state index contributed by atoms with van der Waals surface area (Å²) in [5.41, 5.74) is 3.62. The lowest BCUT2D eigenvalue weighted by molar-refractivity contribution is 0.313. The van der Waals surface area contributed by atoms with E-state index >= 15 is 0 Å². The third-order valence-electron chi connectivity index (χ3n) is 5.95. The predicted molar refractivity (Wildman–Crippen MR) is 136 cm³/mol. The van der Waals surface area contributed by atoms with Crippen LogP contribution in [0.25, 0.3) is 0 Å². The molecule has 1 aromatic carbocycles. The number of allylic oxidation sites excluding steroid dienone is 2. The standard InChI is InChI=1S/C24H32BrN7/c1-17(19-6-7-19)14-22(26-2)29-23-21(25)16-28-24(30-23)27-15-18-4-8-20(9-5-18)32-12-10-31(3)11-13-32/h4-5,8-9,14,16,19,26H,1,6-7,10-13,15H2,2-3H3,(H2,27,28,29,30)/b22-14+. The van der Waals surface area contributed by atoms with Gasteiger partial charge in [-0.1, -0.05) is 18.7 Å². The van der Waals surface area contributed by atoms with E-state index in [1.54, 1.807) is 6.20 Å². The van der Waals surface area contributed by atoms with Gasteiger partial charge in [0, 0.05) is 51.7 Å². The van der Waals surface area contributed by atoms with Crippen LogP contribution in [0.5, 0.6) is 0 Å². The van der Waals surface area contributed by atoms with E-state index in [1.807, 2.05) is 7.05 Å². The highest BCUT2D eigenvalue weighted by atomic mass is 79.9. The number of benzene rings is 1. The third kappa shape index (κ3) is 6.01. The van der Waals surface area contributed by atoms with E-state index in [1.165, 1.54) is 24.1 Å². The van der Waals surface area contributed by atoms with E-state index in [0.29, 0.717) is 24.2 Å². The Balaban J connectivity index is 1.36. The topological polar surface area (TPSA) is 68.4 Å². The Labute approximate surface area is 199 Å². The summed E-state index contributed by atoms with van der Waals surface area (Å²) in [5.74, 6) is 2.77. The van der Waals surface area contributed by atoms with Gasteiger partial charge in [0.15, 0.2) is 5.82 Å². The maximum absolute atomic E-state index is 4.64. The lowest BCUT2D eigenvalue weighted by Gasteiger charge is -2.34. The maximum atomic E-state index is 4.64. The SMILES string of the molecule is C=C(/C=C(\NC)Nc1nc(NCc2ccc(N3CCN(C)CC3)cc2)ncc1Br)C1CC1. The van der Waals surface area contributed by atoms with Gasteiger partial charge in [-0.15, -0.1) is 0 Å². The molecule has 1 aliphatic carbocycles. The molecule has 0 spiro atoms. The molecule has 4 rings (SSSR count). The zero-order chi connectivity index (χ0) is 22.5. The minimum Gasteiger partial charge on any atom is -0.375 e. The van der Waals surface area contributed by atoms with Gasteiger partial charge < -0.3 is 25.8 Å². The molecule has 2 fully saturated rings. The number of hydrogen-bond acceptors (Lipinski definition) is 7. The van der Waals surface area contributed by atoms with E-state index in [-0.39, 0.29) is 0 Å². The Bertz CT molecular complexity index is 961. The quantitative estimate of drug-likeness (QED) is 0.451. The van der Waals surface area contributed by atoms with Crippen molar-refractivity contribution < 1.29 is 0 Å². The fraction of sp³-hybridized carbons (Fsp3) is 0.417. The van der Waals surface area contributed by atoms with Gasteiger partial charge in [-0.25, -0.2) is 4.98 Å². The van der Waals surface area contributed by atoms with E-state index in [0.717, 1.165) is 42.0 Å². The molecule has 0 atom stereocenters. The van der Waals surface area contributed by atoms with Crippen molar-refractivity contribution in [3.8, 4) is 0 Å². The lowest BCUT2D eigenvalue weighted by Crippen LogP contribution is -2.44. The minimum atomic E-state index is 0.579. The van der Waals surface area contributed by atoms with Crippen LogP contribution >= 0.6 is 15.9 Å². The molecule has 1 aliphatic heterocycles. The van der Waals surface area contributed by atoms with Gasteiger partial charge in [0.05, 0.1) is 4.47 Å². The van der Waals surface area contributed by atoms with E-state index in [4.69, 9.17) is 0 Å². The van der Waals surface area contributed by atoms with Crippen molar-refractivity contribution in [3.05, 3.63) is 64.5 Å². The average Bonchev–Trinajstić information content (AvgIpc) is 3.65. The smallest absolute Gasteiger partial charge is 0.224 e. The molecule has 8 heteroatoms. The molecular formula is C24H32BrN7. The van der Waals surface area contributed by atoms with Crippen LogP contribution in [0.15, 0.2) is 59.0 Å². The molecule has 0 radical (unpaired) electrons. The number of rotatable bonds is 9. The van der Waals surface area contributed by atoms with Crippen molar-refractivity contribution in [1.82, 2.24) is 20.2 Å². The lowest BCUT2D eigenvalue weighted by atomic mass is 10.2. The summed E-state index contributed by atoms with van der Waals surface area (Å²) in [6.45, 7) is 9.21. The summed E-state index contributed by atoms with van der Waals surface area (Å²) in [6, 6.07) is 8.75. The number of halogens is 1. The second-order valence-corrected chi connectivity index (χ2v) is 9.34. The molecule has 0 amide bonds. The second-order valence-electron chi connectivity index (χ2n) is 8.48. The molecule has 7 nitrogen and oxygen atoms in total. The Hall–Kier alpha value is -2.58. The van der Waals surface area contributed by atoms with Crippen LogP contribution in [-0.4, -0.2) is 55.1 Å². The first-order valence-corrected chi connectivity index (χ1v) is 11.9. The van der Waals surface area contributed by atoms with E-state index in [2.05, 4.69) is 95.6 Å². The van der Waals surface area contributed by atoms with Gasteiger partial charge in [-0.05, 0) is 71.1 Å². The summed E-state index contributed by atoms with van der Waals surface area (Å²) in [4.78, 5) is 13.9. The summed E-state index contributed by atoms with van der Waals surface area (Å²) in [6.07, 6.45) is 6.28. The van der Waals surface area contributed by atoms with Crippen LogP contribution in [0.3, 0.4) is 0 Å². The zero-order valence-electron chi connectivity index (χ0n) is 18.9. The van der Waals surface area contributed by atoms with E-state index in [9.17, 15) is 0 Å². The first-order chi connectivity index (χ1) is 15.5. The third-order valence-corrected chi connectivity index (χ3v) is 6.53. The molecule has 2 aliphatic rings. The number of aromatic nitrogens is 2. The molecule has 1 aromatic heterocycles. The molecule has 170 valence electrons. The fourth-order valence-electron chi connectivity index (χ4n) is 3.67. The molecule has 3 N–H and O–H groups in total. The first-order valence-electron chi connectivity index (χ1n) is 11.2. The molecule has 1 saturated heterocycles. The Morgan fingerprint density at radius 3 is 2.56 bits per heavy atom. The highest BCUT2D eigenvalue weighted by Gasteiger charge is 2.23. The number of nitrogens with one attached hydrogen (secondary N) is 3. The minimum absolute atomic E-state index is 0.579. The Morgan fingerprint density at radius 2 is 1.91 bits per heavy atom. The molecule has 2 heterocycles. The second kappa shape index (κ2) is 10.4. The monoisotopic (exact) mass is 497 g/mol. The molecule has 0 unspecified atom stereocenters. The number of piperazine rings is 1. The fourth-order valence-corrected chi connectivity index (χ4v) is 3.96. The van der Waals surface area contributed by atoms with Gasteiger partial charge in [-0.3, -0.25) is 0 Å². The molecule has 0 bridgehead atoms. The number of nitrogens with zero attached hydrogens (tertiary/aromatic N) is 4. The number of hydrogen-bond donors (Lipinski definition) is 3. The largest absolute Gasteiger partial charge is 0.375 e. The Morgan fingerprint density at radius 1 is 1.19 bits per heavy atom. The van der Waals surface area contributed by atoms with Crippen LogP contribution in [0.2, 0.25) is 0 Å². The van der Waals surface area contributed by atoms with Crippen molar-refractivity contribution in [2.45, 2.75) is 19.4 Å². The predicted octanol–water partition coefficient (Wildman–Crippen LogP) is 4.04. The summed E-state index contributed by atoms with van der Waals surface area (Å²) in [7, 11) is 4.07. The molecule has 2 aromatic rings. The van der Waals surface area contributed by atoms with Crippen LogP contribution in [-0.2, 0) is 6.54 Å². The summed E-state index contributed by atoms with van der Waals surface area (Å²) >= 11 is 3.54. The van der Waals surface area contributed by atoms with Gasteiger partial charge in [0.2, 0.25) is 5.95 Å². The van der Waals surface area contributed by atoms with E-state index < -0.39 is 0 Å². The van der Waals surface area contributed by atoms with Crippen LogP contribution in [0.1, 0.15) is 18.4 Å². The number of likely N-dealkylation sites (N-methyl/N-ethyl adjacent to an activating group) is 1. The zero-order valence-corrected chi connectivity index (χ0v) is 20.5. The van der Waals surface area contributed by atoms with Crippen molar-refractivity contribution in [2.75, 3.05) is 55.8 Å². The van der Waals surface area contributed by atoms with Gasteiger partial charge in [0.25, 0.3) is 0 Å².